The van der Waals surface area contributed by atoms with Gasteiger partial charge < -0.3 is 24.0 Å². The van der Waals surface area contributed by atoms with Crippen molar-refractivity contribution in [2.24, 2.45) is 5.41 Å². The van der Waals surface area contributed by atoms with E-state index in [9.17, 15) is 24.2 Å². The molecule has 0 amide bonds. The Morgan fingerprint density at radius 3 is 2.58 bits per heavy atom. The van der Waals surface area contributed by atoms with E-state index in [2.05, 4.69) is 9.61 Å². The van der Waals surface area contributed by atoms with E-state index < -0.39 is 36.7 Å². The molecule has 0 spiro atoms. The number of nitrogens with one attached hydrogen (secondary N) is 2. The minimum absolute atomic E-state index is 0.0455. The second-order valence-electron chi connectivity index (χ2n) is 6.23. The summed E-state index contributed by atoms with van der Waals surface area (Å²) in [4.78, 5) is 34.3. The van der Waals surface area contributed by atoms with Crippen LogP contribution in [-0.2, 0) is 18.6 Å². The van der Waals surface area contributed by atoms with Crippen molar-refractivity contribution >= 4 is 7.75 Å². The van der Waals surface area contributed by atoms with Crippen LogP contribution in [0.3, 0.4) is 0 Å². The third-order valence-corrected chi connectivity index (χ3v) is 4.75. The van der Waals surface area contributed by atoms with Crippen LogP contribution < -0.4 is 16.3 Å². The number of aromatic amines is 1. The third-order valence-electron chi connectivity index (χ3n) is 3.70. The van der Waals surface area contributed by atoms with E-state index in [0.29, 0.717) is 0 Å². The Bertz CT molecular complexity index is 735. The molecule has 0 aliphatic carbocycles. The Morgan fingerprint density at radius 2 is 2.04 bits per heavy atom. The normalized spacial score (nSPS) is 18.7. The third kappa shape index (κ3) is 6.76. The summed E-state index contributed by atoms with van der Waals surface area (Å²) in [7, 11) is -1.32. The van der Waals surface area contributed by atoms with Gasteiger partial charge in [0.15, 0.2) is 6.23 Å². The smallest absolute Gasteiger partial charge is 0.384 e. The predicted octanol–water partition coefficient (Wildman–Crippen LogP) is -0.578. The highest BCUT2D eigenvalue weighted by atomic mass is 31.2. The predicted molar refractivity (Wildman–Crippen MR) is 92.8 cm³/mol. The van der Waals surface area contributed by atoms with Gasteiger partial charge in [-0.2, -0.15) is 0 Å². The summed E-state index contributed by atoms with van der Waals surface area (Å²) >= 11 is 0. The summed E-state index contributed by atoms with van der Waals surface area (Å²) in [6.45, 7) is 3.60. The van der Waals surface area contributed by atoms with Crippen molar-refractivity contribution in [2.45, 2.75) is 26.2 Å². The zero-order chi connectivity index (χ0) is 20.0. The van der Waals surface area contributed by atoms with Crippen LogP contribution in [0.4, 0.5) is 0 Å². The van der Waals surface area contributed by atoms with Gasteiger partial charge in [0.05, 0.1) is 19.3 Å². The van der Waals surface area contributed by atoms with Crippen molar-refractivity contribution in [3.63, 3.8) is 0 Å². The van der Waals surface area contributed by atoms with Gasteiger partial charge in [-0.1, -0.05) is 6.92 Å². The number of aliphatic hydroxyl groups is 1. The number of ether oxygens (including phenoxy) is 2. The average Bonchev–Trinajstić information content (AvgIpc) is 2.58. The van der Waals surface area contributed by atoms with Gasteiger partial charge in [-0.25, -0.2) is 14.4 Å². The van der Waals surface area contributed by atoms with Crippen molar-refractivity contribution in [3.8, 4) is 0 Å². The minimum Gasteiger partial charge on any atom is -0.384 e. The lowest BCUT2D eigenvalue weighted by Gasteiger charge is -2.32. The van der Waals surface area contributed by atoms with E-state index in [1.165, 1.54) is 13.3 Å². The minimum atomic E-state index is -3.91. The van der Waals surface area contributed by atoms with Crippen LogP contribution in [0.1, 0.15) is 20.1 Å². The monoisotopic (exact) mass is 395 g/mol. The molecule has 1 rings (SSSR count). The van der Waals surface area contributed by atoms with Crippen molar-refractivity contribution in [1.82, 2.24) is 14.6 Å². The fourth-order valence-corrected chi connectivity index (χ4v) is 2.84. The molecule has 1 aromatic heterocycles. The van der Waals surface area contributed by atoms with Gasteiger partial charge >= 0.3 is 13.4 Å². The number of hydrogen-bond donors (Lipinski definition) is 4. The maximum Gasteiger partial charge on any atom is 0.402 e. The highest BCUT2D eigenvalue weighted by molar-refractivity contribution is 7.50. The van der Waals surface area contributed by atoms with E-state index in [4.69, 9.17) is 9.47 Å². The molecule has 26 heavy (non-hydrogen) atoms. The number of H-pyrrole nitrogens is 1. The van der Waals surface area contributed by atoms with Gasteiger partial charge in [-0.05, 0) is 6.92 Å². The van der Waals surface area contributed by atoms with Crippen molar-refractivity contribution < 1.29 is 28.6 Å². The zero-order valence-electron chi connectivity index (χ0n) is 15.2. The van der Waals surface area contributed by atoms with Crippen LogP contribution in [-0.4, -0.2) is 59.6 Å². The molecule has 0 aromatic carbocycles. The standard InChI is InChI=1S/C14H26N3O8P/c1-10(12(19)17-6-5-11(18)16-13(17)20)25-9-14(2,8-23-3)7-15-26(21,22)24-4/h5-6,10,12,19H,7-9H2,1-4H3,(H2,15,21,22)(H,16,18,20)/t10-,12-,14?/m1/s1. The second-order valence-corrected chi connectivity index (χ2v) is 7.95. The first kappa shape index (κ1) is 22.7. The Hall–Kier alpha value is -1.33. The number of rotatable bonds is 11. The van der Waals surface area contributed by atoms with Gasteiger partial charge in [0, 0.05) is 38.4 Å². The van der Waals surface area contributed by atoms with E-state index in [1.807, 2.05) is 4.98 Å². The maximum absolute atomic E-state index is 11.7. The molecular formula is C14H26N3O8P. The van der Waals surface area contributed by atoms with Crippen LogP contribution in [0.15, 0.2) is 21.9 Å². The van der Waals surface area contributed by atoms with E-state index >= 15 is 0 Å². The lowest BCUT2D eigenvalue weighted by atomic mass is 9.93. The van der Waals surface area contributed by atoms with Crippen LogP contribution in [0.5, 0.6) is 0 Å². The Balaban J connectivity index is 2.76. The molecule has 0 aliphatic heterocycles. The molecule has 12 heteroatoms. The van der Waals surface area contributed by atoms with E-state index in [0.717, 1.165) is 17.7 Å². The van der Waals surface area contributed by atoms with E-state index in [1.54, 1.807) is 13.8 Å². The number of nitrogens with zero attached hydrogens (tertiary/aromatic N) is 1. The Morgan fingerprint density at radius 1 is 1.38 bits per heavy atom. The van der Waals surface area contributed by atoms with Crippen LogP contribution in [0.25, 0.3) is 0 Å². The number of hydrogen-bond acceptors (Lipinski definition) is 7. The Kier molecular flexibility index (Phi) is 8.35. The average molecular weight is 395 g/mol. The molecule has 1 aromatic rings. The van der Waals surface area contributed by atoms with E-state index in [-0.39, 0.29) is 19.8 Å². The molecule has 0 radical (unpaired) electrons. The molecule has 0 saturated carbocycles. The number of aliphatic hydroxyl groups excluding tert-OH is 1. The largest absolute Gasteiger partial charge is 0.402 e. The number of methoxy groups -OCH3 is 1. The molecule has 0 saturated heterocycles. The summed E-state index contributed by atoms with van der Waals surface area (Å²) in [6.07, 6.45) is -0.970. The van der Waals surface area contributed by atoms with Gasteiger partial charge in [-0.15, -0.1) is 0 Å². The second kappa shape index (κ2) is 9.56. The summed E-state index contributed by atoms with van der Waals surface area (Å²) in [5, 5.41) is 12.7. The molecule has 1 heterocycles. The first-order valence-corrected chi connectivity index (χ1v) is 9.35. The summed E-state index contributed by atoms with van der Waals surface area (Å²) in [5.74, 6) is 0. The molecule has 11 nitrogen and oxygen atoms in total. The topological polar surface area (TPSA) is 152 Å². The fraction of sp³-hybridized carbons (Fsp3) is 0.714. The quantitative estimate of drug-likeness (QED) is 0.361. The summed E-state index contributed by atoms with van der Waals surface area (Å²) in [5.41, 5.74) is -2.05. The zero-order valence-corrected chi connectivity index (χ0v) is 16.1. The molecule has 2 unspecified atom stereocenters. The summed E-state index contributed by atoms with van der Waals surface area (Å²) in [6, 6.07) is 1.11. The SMILES string of the molecule is COCC(C)(CNP(=O)(O)OC)CO[C@H](C)[C@@H](O)n1ccc(=O)[nH]c1=O. The molecule has 150 valence electrons. The van der Waals surface area contributed by atoms with Gasteiger partial charge in [-0.3, -0.25) is 14.3 Å². The summed E-state index contributed by atoms with van der Waals surface area (Å²) < 4.78 is 27.7. The number of aromatic nitrogens is 2. The molecule has 0 aliphatic rings. The van der Waals surface area contributed by atoms with Crippen molar-refractivity contribution in [2.75, 3.05) is 34.0 Å². The van der Waals surface area contributed by atoms with Crippen LogP contribution >= 0.6 is 7.75 Å². The first-order chi connectivity index (χ1) is 12.0. The van der Waals surface area contributed by atoms with Crippen molar-refractivity contribution in [3.05, 3.63) is 33.1 Å². The first-order valence-electron chi connectivity index (χ1n) is 7.77. The highest BCUT2D eigenvalue weighted by Gasteiger charge is 2.31. The molecular weight excluding hydrogens is 369 g/mol. The molecule has 0 fully saturated rings. The van der Waals surface area contributed by atoms with Crippen molar-refractivity contribution in [1.29, 1.82) is 0 Å². The fourth-order valence-electron chi connectivity index (χ4n) is 2.13. The van der Waals surface area contributed by atoms with Gasteiger partial charge in [0.1, 0.15) is 0 Å². The lowest BCUT2D eigenvalue weighted by Crippen LogP contribution is -2.41. The lowest BCUT2D eigenvalue weighted by molar-refractivity contribution is -0.0961. The van der Waals surface area contributed by atoms with Crippen LogP contribution in [0, 0.1) is 5.41 Å². The molecule has 0 bridgehead atoms. The van der Waals surface area contributed by atoms with Crippen LogP contribution in [0.2, 0.25) is 0 Å². The molecule has 4 atom stereocenters. The van der Waals surface area contributed by atoms with Gasteiger partial charge in [0.2, 0.25) is 0 Å². The molecule has 4 N–H and O–H groups in total. The van der Waals surface area contributed by atoms with Gasteiger partial charge in [0.25, 0.3) is 5.56 Å². The maximum atomic E-state index is 11.7. The Labute approximate surface area is 150 Å². The highest BCUT2D eigenvalue weighted by Crippen LogP contribution is 2.36.